The zero-order chi connectivity index (χ0) is 22.1. The fraction of sp³-hybridized carbons (Fsp3) is 0.381. The normalized spacial score (nSPS) is 18.3. The molecule has 158 valence electrons. The number of nitrogens with zero attached hydrogens (tertiary/aromatic N) is 2. The molecule has 30 heavy (non-hydrogen) atoms. The molecule has 0 saturated carbocycles. The average Bonchev–Trinajstić information content (AvgIpc) is 3.14. The van der Waals surface area contributed by atoms with E-state index in [1.165, 1.54) is 6.20 Å². The van der Waals surface area contributed by atoms with Crippen molar-refractivity contribution in [2.75, 3.05) is 0 Å². The molecule has 6 nitrogen and oxygen atoms in total. The fourth-order valence-corrected chi connectivity index (χ4v) is 4.98. The van der Waals surface area contributed by atoms with Crippen molar-refractivity contribution in [2.24, 2.45) is 0 Å². The van der Waals surface area contributed by atoms with Gasteiger partial charge in [-0.1, -0.05) is 29.3 Å². The highest BCUT2D eigenvalue weighted by Gasteiger charge is 2.53. The Hall–Kier alpha value is -1.87. The summed E-state index contributed by atoms with van der Waals surface area (Å²) in [6, 6.07) is 8.41. The van der Waals surface area contributed by atoms with Gasteiger partial charge < -0.3 is 9.31 Å². The second kappa shape index (κ2) is 6.82. The second-order valence-electron chi connectivity index (χ2n) is 8.75. The van der Waals surface area contributed by atoms with E-state index in [9.17, 15) is 8.42 Å². The van der Waals surface area contributed by atoms with E-state index in [-0.39, 0.29) is 4.90 Å². The lowest BCUT2D eigenvalue weighted by Crippen LogP contribution is -2.41. The fourth-order valence-electron chi connectivity index (χ4n) is 3.47. The van der Waals surface area contributed by atoms with Gasteiger partial charge in [0.05, 0.1) is 27.8 Å². The van der Waals surface area contributed by atoms with E-state index in [4.69, 9.17) is 20.9 Å². The summed E-state index contributed by atoms with van der Waals surface area (Å²) in [5.41, 5.74) is 1.61. The van der Waals surface area contributed by atoms with Gasteiger partial charge in [0.2, 0.25) is 0 Å². The monoisotopic (exact) mass is 446 g/mol. The van der Waals surface area contributed by atoms with Crippen LogP contribution >= 0.6 is 11.6 Å². The molecule has 4 rings (SSSR count). The SMILES string of the molecule is Cc1ccc(S(=O)(=O)n2ncc3c(B4OC(C)(C)C(C)(C)O4)c(Cl)c(C)cc32)cc1. The lowest BCUT2D eigenvalue weighted by atomic mass is 9.76. The number of benzene rings is 2. The third kappa shape index (κ3) is 3.17. The van der Waals surface area contributed by atoms with Crippen molar-refractivity contribution in [2.45, 2.75) is 57.6 Å². The molecule has 1 saturated heterocycles. The molecule has 0 amide bonds. The molecule has 0 aliphatic carbocycles. The van der Waals surface area contributed by atoms with Crippen LogP contribution in [0.25, 0.3) is 10.9 Å². The zero-order valence-electron chi connectivity index (χ0n) is 17.9. The van der Waals surface area contributed by atoms with E-state index < -0.39 is 28.3 Å². The van der Waals surface area contributed by atoms with Gasteiger partial charge in [0.15, 0.2) is 0 Å². The minimum atomic E-state index is -3.87. The molecule has 2 aromatic carbocycles. The zero-order valence-corrected chi connectivity index (χ0v) is 19.4. The Balaban J connectivity index is 1.91. The Labute approximate surface area is 182 Å². The Morgan fingerprint density at radius 3 is 2.17 bits per heavy atom. The minimum absolute atomic E-state index is 0.169. The van der Waals surface area contributed by atoms with Crippen molar-refractivity contribution in [1.82, 2.24) is 9.19 Å². The molecular weight excluding hydrogens is 423 g/mol. The molecule has 0 N–H and O–H groups in total. The molecule has 1 fully saturated rings. The first-order valence-corrected chi connectivity index (χ1v) is 11.5. The summed E-state index contributed by atoms with van der Waals surface area (Å²) in [5, 5.41) is 5.27. The smallest absolute Gasteiger partial charge is 0.399 e. The van der Waals surface area contributed by atoms with Crippen LogP contribution in [0.4, 0.5) is 0 Å². The van der Waals surface area contributed by atoms with E-state index in [0.29, 0.717) is 21.4 Å². The van der Waals surface area contributed by atoms with Crippen LogP contribution in [0.15, 0.2) is 41.4 Å². The van der Waals surface area contributed by atoms with Gasteiger partial charge in [-0.05, 0) is 65.3 Å². The quantitative estimate of drug-likeness (QED) is 0.572. The first-order chi connectivity index (χ1) is 13.8. The molecule has 0 unspecified atom stereocenters. The maximum absolute atomic E-state index is 13.3. The van der Waals surface area contributed by atoms with Gasteiger partial charge in [-0.15, -0.1) is 0 Å². The molecule has 9 heteroatoms. The molecule has 0 spiro atoms. The van der Waals surface area contributed by atoms with Crippen molar-refractivity contribution in [3.63, 3.8) is 0 Å². The van der Waals surface area contributed by atoms with Crippen LogP contribution in [0.3, 0.4) is 0 Å². The van der Waals surface area contributed by atoms with Crippen LogP contribution in [-0.2, 0) is 19.3 Å². The van der Waals surface area contributed by atoms with Gasteiger partial charge in [-0.25, -0.2) is 0 Å². The number of aryl methyl sites for hydroxylation is 2. The van der Waals surface area contributed by atoms with Crippen molar-refractivity contribution < 1.29 is 17.7 Å². The summed E-state index contributed by atoms with van der Waals surface area (Å²) < 4.78 is 40.0. The maximum Gasteiger partial charge on any atom is 0.497 e. The number of hydrogen-bond acceptors (Lipinski definition) is 5. The van der Waals surface area contributed by atoms with E-state index in [1.54, 1.807) is 30.3 Å². The van der Waals surface area contributed by atoms with Gasteiger partial charge in [0.25, 0.3) is 10.0 Å². The Morgan fingerprint density at radius 1 is 1.03 bits per heavy atom. The third-order valence-electron chi connectivity index (χ3n) is 6.04. The highest BCUT2D eigenvalue weighted by atomic mass is 35.5. The summed E-state index contributed by atoms with van der Waals surface area (Å²) in [7, 11) is -4.61. The van der Waals surface area contributed by atoms with E-state index in [1.807, 2.05) is 41.5 Å². The van der Waals surface area contributed by atoms with Gasteiger partial charge in [0.1, 0.15) is 0 Å². The standard InChI is InChI=1S/C21H24BClN2O4S/c1-13-7-9-15(10-8-13)30(26,27)25-17-11-14(2)19(23)18(16(17)12-24-25)22-28-20(3,4)21(5,6)29-22/h7-12H,1-6H3. The molecule has 3 aromatic rings. The van der Waals surface area contributed by atoms with Crippen LogP contribution in [0.2, 0.25) is 5.02 Å². The Kier molecular flexibility index (Phi) is 4.86. The molecule has 0 atom stereocenters. The van der Waals surface area contributed by atoms with Crippen LogP contribution in [-0.4, -0.2) is 35.9 Å². The van der Waals surface area contributed by atoms with Gasteiger partial charge in [-0.3, -0.25) is 0 Å². The largest absolute Gasteiger partial charge is 0.497 e. The predicted molar refractivity (Wildman–Crippen MR) is 119 cm³/mol. The topological polar surface area (TPSA) is 70.4 Å². The van der Waals surface area contributed by atoms with Crippen molar-refractivity contribution in [3.8, 4) is 0 Å². The average molecular weight is 447 g/mol. The minimum Gasteiger partial charge on any atom is -0.399 e. The van der Waals surface area contributed by atoms with Crippen molar-refractivity contribution in [1.29, 1.82) is 0 Å². The Bertz CT molecular complexity index is 1230. The van der Waals surface area contributed by atoms with E-state index in [2.05, 4.69) is 5.10 Å². The second-order valence-corrected chi connectivity index (χ2v) is 10.9. The Morgan fingerprint density at radius 2 is 1.60 bits per heavy atom. The van der Waals surface area contributed by atoms with E-state index >= 15 is 0 Å². The first kappa shape index (κ1) is 21.4. The highest BCUT2D eigenvalue weighted by Crippen LogP contribution is 2.38. The number of rotatable bonds is 3. The van der Waals surface area contributed by atoms with Gasteiger partial charge in [0, 0.05) is 15.9 Å². The lowest BCUT2D eigenvalue weighted by molar-refractivity contribution is 0.00578. The number of hydrogen-bond donors (Lipinski definition) is 0. The maximum atomic E-state index is 13.3. The van der Waals surface area contributed by atoms with Crippen molar-refractivity contribution >= 4 is 45.1 Å². The summed E-state index contributed by atoms with van der Waals surface area (Å²) in [6.07, 6.45) is 1.51. The molecule has 1 aliphatic heterocycles. The van der Waals surface area contributed by atoms with Gasteiger partial charge in [-0.2, -0.15) is 17.6 Å². The number of aromatic nitrogens is 2. The molecule has 0 bridgehead atoms. The summed E-state index contributed by atoms with van der Waals surface area (Å²) in [4.78, 5) is 0.169. The van der Waals surface area contributed by atoms with Crippen LogP contribution in [0.5, 0.6) is 0 Å². The highest BCUT2D eigenvalue weighted by molar-refractivity contribution is 7.90. The predicted octanol–water partition coefficient (Wildman–Crippen LogP) is 3.84. The molecule has 0 radical (unpaired) electrons. The van der Waals surface area contributed by atoms with Crippen LogP contribution < -0.4 is 5.46 Å². The van der Waals surface area contributed by atoms with Crippen LogP contribution in [0, 0.1) is 13.8 Å². The number of fused-ring (bicyclic) bond motifs is 1. The molecule has 1 aliphatic rings. The number of halogens is 1. The lowest BCUT2D eigenvalue weighted by Gasteiger charge is -2.32. The van der Waals surface area contributed by atoms with Crippen molar-refractivity contribution in [3.05, 3.63) is 52.7 Å². The van der Waals surface area contributed by atoms with Gasteiger partial charge >= 0.3 is 7.12 Å². The van der Waals surface area contributed by atoms with E-state index in [0.717, 1.165) is 15.2 Å². The summed E-state index contributed by atoms with van der Waals surface area (Å²) >= 11 is 6.65. The first-order valence-electron chi connectivity index (χ1n) is 9.70. The molecule has 1 aromatic heterocycles. The molecule has 2 heterocycles. The summed E-state index contributed by atoms with van der Waals surface area (Å²) in [5.74, 6) is 0. The molecular formula is C21H24BClN2O4S. The van der Waals surface area contributed by atoms with Crippen LogP contribution in [0.1, 0.15) is 38.8 Å². The summed E-state index contributed by atoms with van der Waals surface area (Å²) in [6.45, 7) is 11.6. The third-order valence-corrected chi connectivity index (χ3v) is 8.15.